The SMILES string of the molecule is Cc1c(Cl)cccc1-c1ccc(C(=O)Nc2cccc(Br)c2)o1. The lowest BCUT2D eigenvalue weighted by molar-refractivity contribution is 0.0997. The zero-order valence-corrected chi connectivity index (χ0v) is 14.6. The van der Waals surface area contributed by atoms with Gasteiger partial charge in [0.2, 0.25) is 0 Å². The predicted octanol–water partition coefficient (Wildman–Crippen LogP) is 5.92. The zero-order chi connectivity index (χ0) is 16.4. The summed E-state index contributed by atoms with van der Waals surface area (Å²) in [6.45, 7) is 1.92. The Labute approximate surface area is 147 Å². The molecule has 3 aromatic rings. The van der Waals surface area contributed by atoms with Gasteiger partial charge < -0.3 is 9.73 Å². The summed E-state index contributed by atoms with van der Waals surface area (Å²) < 4.78 is 6.58. The average molecular weight is 391 g/mol. The Morgan fingerprint density at radius 2 is 1.91 bits per heavy atom. The number of rotatable bonds is 3. The smallest absolute Gasteiger partial charge is 0.291 e. The minimum Gasteiger partial charge on any atom is -0.451 e. The van der Waals surface area contributed by atoms with Crippen molar-refractivity contribution in [3.8, 4) is 11.3 Å². The first kappa shape index (κ1) is 15.8. The molecule has 0 unspecified atom stereocenters. The van der Waals surface area contributed by atoms with Crippen LogP contribution in [-0.2, 0) is 0 Å². The van der Waals surface area contributed by atoms with Gasteiger partial charge in [0.1, 0.15) is 5.76 Å². The van der Waals surface area contributed by atoms with Crippen molar-refractivity contribution in [1.82, 2.24) is 0 Å². The molecule has 116 valence electrons. The van der Waals surface area contributed by atoms with Gasteiger partial charge in [0.15, 0.2) is 5.76 Å². The van der Waals surface area contributed by atoms with Crippen molar-refractivity contribution in [2.24, 2.45) is 0 Å². The lowest BCUT2D eigenvalue weighted by atomic mass is 10.1. The molecular weight excluding hydrogens is 378 g/mol. The molecule has 0 saturated carbocycles. The van der Waals surface area contributed by atoms with Crippen LogP contribution in [0, 0.1) is 6.92 Å². The van der Waals surface area contributed by atoms with E-state index in [0.717, 1.165) is 15.6 Å². The quantitative estimate of drug-likeness (QED) is 0.603. The van der Waals surface area contributed by atoms with E-state index in [4.69, 9.17) is 16.0 Å². The van der Waals surface area contributed by atoms with Crippen molar-refractivity contribution >= 4 is 39.1 Å². The molecule has 0 spiro atoms. The molecule has 2 aromatic carbocycles. The van der Waals surface area contributed by atoms with Crippen molar-refractivity contribution in [3.05, 3.63) is 75.4 Å². The Morgan fingerprint density at radius 3 is 2.70 bits per heavy atom. The molecule has 3 rings (SSSR count). The molecule has 5 heteroatoms. The van der Waals surface area contributed by atoms with E-state index in [1.807, 2.05) is 49.4 Å². The van der Waals surface area contributed by atoms with Crippen LogP contribution in [0.3, 0.4) is 0 Å². The molecular formula is C18H13BrClNO2. The summed E-state index contributed by atoms with van der Waals surface area (Å²) >= 11 is 9.50. The predicted molar refractivity (Wildman–Crippen MR) is 96.0 cm³/mol. The van der Waals surface area contributed by atoms with Crippen LogP contribution < -0.4 is 5.32 Å². The molecule has 0 aliphatic heterocycles. The molecule has 0 aliphatic carbocycles. The Morgan fingerprint density at radius 1 is 1.13 bits per heavy atom. The van der Waals surface area contributed by atoms with Crippen LogP contribution in [0.1, 0.15) is 16.1 Å². The summed E-state index contributed by atoms with van der Waals surface area (Å²) in [4.78, 5) is 12.3. The fourth-order valence-corrected chi connectivity index (χ4v) is 2.81. The van der Waals surface area contributed by atoms with Gasteiger partial charge in [0.25, 0.3) is 5.91 Å². The Hall–Kier alpha value is -2.04. The van der Waals surface area contributed by atoms with Gasteiger partial charge in [0, 0.05) is 20.7 Å². The maximum atomic E-state index is 12.3. The number of furan rings is 1. The molecule has 0 bridgehead atoms. The highest BCUT2D eigenvalue weighted by molar-refractivity contribution is 9.10. The van der Waals surface area contributed by atoms with E-state index < -0.39 is 0 Å². The number of carbonyl (C=O) groups excluding carboxylic acids is 1. The topological polar surface area (TPSA) is 42.2 Å². The van der Waals surface area contributed by atoms with E-state index in [9.17, 15) is 4.79 Å². The van der Waals surface area contributed by atoms with Crippen molar-refractivity contribution in [3.63, 3.8) is 0 Å². The highest BCUT2D eigenvalue weighted by Gasteiger charge is 2.14. The third-order valence-electron chi connectivity index (χ3n) is 3.45. The first-order valence-corrected chi connectivity index (χ1v) is 8.14. The number of halogens is 2. The summed E-state index contributed by atoms with van der Waals surface area (Å²) in [5, 5.41) is 3.47. The maximum absolute atomic E-state index is 12.3. The van der Waals surface area contributed by atoms with E-state index in [1.54, 1.807) is 12.1 Å². The Kier molecular flexibility index (Phi) is 4.55. The van der Waals surface area contributed by atoms with Crippen molar-refractivity contribution < 1.29 is 9.21 Å². The van der Waals surface area contributed by atoms with Crippen LogP contribution in [0.15, 0.2) is 63.5 Å². The van der Waals surface area contributed by atoms with Crippen LogP contribution >= 0.6 is 27.5 Å². The highest BCUT2D eigenvalue weighted by atomic mass is 79.9. The summed E-state index contributed by atoms with van der Waals surface area (Å²) in [5.41, 5.74) is 2.49. The second kappa shape index (κ2) is 6.60. The number of amides is 1. The lowest BCUT2D eigenvalue weighted by Crippen LogP contribution is -2.10. The molecule has 0 aliphatic rings. The Balaban J connectivity index is 1.84. The summed E-state index contributed by atoms with van der Waals surface area (Å²) in [7, 11) is 0. The minimum atomic E-state index is -0.297. The largest absolute Gasteiger partial charge is 0.451 e. The lowest BCUT2D eigenvalue weighted by Gasteiger charge is -2.05. The molecule has 0 fully saturated rings. The highest BCUT2D eigenvalue weighted by Crippen LogP contribution is 2.30. The third-order valence-corrected chi connectivity index (χ3v) is 4.35. The van der Waals surface area contributed by atoms with E-state index in [2.05, 4.69) is 21.2 Å². The van der Waals surface area contributed by atoms with Gasteiger partial charge in [-0.2, -0.15) is 0 Å². The molecule has 3 nitrogen and oxygen atoms in total. The van der Waals surface area contributed by atoms with Crippen LogP contribution in [0.25, 0.3) is 11.3 Å². The summed E-state index contributed by atoms with van der Waals surface area (Å²) in [6, 6.07) is 16.4. The van der Waals surface area contributed by atoms with Gasteiger partial charge in [0.05, 0.1) is 0 Å². The van der Waals surface area contributed by atoms with Crippen LogP contribution in [0.4, 0.5) is 5.69 Å². The van der Waals surface area contributed by atoms with Gasteiger partial charge in [-0.15, -0.1) is 0 Å². The first-order chi connectivity index (χ1) is 11.0. The number of nitrogens with one attached hydrogen (secondary N) is 1. The standard InChI is InChI=1S/C18H13BrClNO2/c1-11-14(6-3-7-15(11)20)16-8-9-17(23-16)18(22)21-13-5-2-4-12(19)10-13/h2-10H,1H3,(H,21,22). The molecule has 23 heavy (non-hydrogen) atoms. The van der Waals surface area contributed by atoms with E-state index in [-0.39, 0.29) is 11.7 Å². The fourth-order valence-electron chi connectivity index (χ4n) is 2.24. The van der Waals surface area contributed by atoms with Gasteiger partial charge >= 0.3 is 0 Å². The van der Waals surface area contributed by atoms with Gasteiger partial charge in [-0.25, -0.2) is 0 Å². The van der Waals surface area contributed by atoms with Gasteiger partial charge in [-0.05, 0) is 48.9 Å². The van der Waals surface area contributed by atoms with E-state index in [1.165, 1.54) is 0 Å². The van der Waals surface area contributed by atoms with E-state index in [0.29, 0.717) is 16.5 Å². The fraction of sp³-hybridized carbons (Fsp3) is 0.0556. The second-order valence-corrected chi connectivity index (χ2v) is 6.36. The monoisotopic (exact) mass is 389 g/mol. The average Bonchev–Trinajstić information content (AvgIpc) is 3.00. The van der Waals surface area contributed by atoms with Crippen molar-refractivity contribution in [1.29, 1.82) is 0 Å². The van der Waals surface area contributed by atoms with Gasteiger partial charge in [-0.3, -0.25) is 4.79 Å². The molecule has 0 radical (unpaired) electrons. The summed E-state index contributed by atoms with van der Waals surface area (Å²) in [6.07, 6.45) is 0. The van der Waals surface area contributed by atoms with Crippen molar-refractivity contribution in [2.75, 3.05) is 5.32 Å². The number of hydrogen-bond donors (Lipinski definition) is 1. The third kappa shape index (κ3) is 3.49. The molecule has 1 N–H and O–H groups in total. The van der Waals surface area contributed by atoms with E-state index >= 15 is 0 Å². The van der Waals surface area contributed by atoms with Crippen LogP contribution in [0.2, 0.25) is 5.02 Å². The molecule has 1 amide bonds. The van der Waals surface area contributed by atoms with Crippen LogP contribution in [0.5, 0.6) is 0 Å². The van der Waals surface area contributed by atoms with Gasteiger partial charge in [-0.1, -0.05) is 45.7 Å². The Bertz CT molecular complexity index is 873. The second-order valence-electron chi connectivity index (χ2n) is 5.04. The number of anilines is 1. The zero-order valence-electron chi connectivity index (χ0n) is 12.3. The number of benzene rings is 2. The molecule has 1 heterocycles. The molecule has 0 atom stereocenters. The number of carbonyl (C=O) groups is 1. The minimum absolute atomic E-state index is 0.249. The molecule has 0 saturated heterocycles. The number of hydrogen-bond acceptors (Lipinski definition) is 2. The van der Waals surface area contributed by atoms with Crippen molar-refractivity contribution in [2.45, 2.75) is 6.92 Å². The molecule has 1 aromatic heterocycles. The maximum Gasteiger partial charge on any atom is 0.291 e. The summed E-state index contributed by atoms with van der Waals surface area (Å²) in [5.74, 6) is 0.567. The first-order valence-electron chi connectivity index (χ1n) is 6.97. The van der Waals surface area contributed by atoms with Crippen LogP contribution in [-0.4, -0.2) is 5.91 Å². The normalized spacial score (nSPS) is 10.6.